The quantitative estimate of drug-likeness (QED) is 0.651. The Kier molecular flexibility index (Phi) is 5.67. The molecule has 3 N–H and O–H groups in total. The predicted octanol–water partition coefficient (Wildman–Crippen LogP) is 1.13. The molecule has 0 saturated carbocycles. The van der Waals surface area contributed by atoms with E-state index in [0.29, 0.717) is 24.0 Å². The Bertz CT molecular complexity index is 1140. The number of nitrogens with one attached hydrogen (secondary N) is 1. The van der Waals surface area contributed by atoms with Gasteiger partial charge in [0.1, 0.15) is 5.52 Å². The molecule has 152 valence electrons. The number of aryl methyl sites for hydroxylation is 2. The molecule has 2 aromatic heterocycles. The van der Waals surface area contributed by atoms with Gasteiger partial charge < -0.3 is 15.2 Å². The molecule has 29 heavy (non-hydrogen) atoms. The van der Waals surface area contributed by atoms with Crippen LogP contribution in [0.1, 0.15) is 17.7 Å². The Morgan fingerprint density at radius 3 is 2.79 bits per heavy atom. The number of nitrogens with zero attached hydrogens (tertiary/aromatic N) is 4. The van der Waals surface area contributed by atoms with Gasteiger partial charge in [0.15, 0.2) is 0 Å². The van der Waals surface area contributed by atoms with Crippen LogP contribution in [-0.4, -0.2) is 70.9 Å². The SMILES string of the molecule is Cc1[nH]nc2c1c(=O)n(CCCN)c1ccc(C#CCN3CCN(C)CC3)cc21. The number of aromatic nitrogens is 3. The first kappa shape index (κ1) is 19.6. The lowest BCUT2D eigenvalue weighted by atomic mass is 10.1. The van der Waals surface area contributed by atoms with Crippen molar-refractivity contribution in [1.82, 2.24) is 24.6 Å². The van der Waals surface area contributed by atoms with Crippen molar-refractivity contribution in [2.45, 2.75) is 19.9 Å². The molecule has 0 aliphatic carbocycles. The van der Waals surface area contributed by atoms with E-state index >= 15 is 0 Å². The zero-order chi connectivity index (χ0) is 20.4. The largest absolute Gasteiger partial charge is 0.330 e. The molecule has 1 aliphatic heterocycles. The number of hydrogen-bond acceptors (Lipinski definition) is 5. The number of H-pyrrole nitrogens is 1. The molecular formula is C22H28N6O. The van der Waals surface area contributed by atoms with Crippen molar-refractivity contribution >= 4 is 21.8 Å². The Hall–Kier alpha value is -2.66. The van der Waals surface area contributed by atoms with Crippen molar-refractivity contribution in [3.8, 4) is 11.8 Å². The van der Waals surface area contributed by atoms with Crippen LogP contribution in [0.25, 0.3) is 21.8 Å². The summed E-state index contributed by atoms with van der Waals surface area (Å²) in [4.78, 5) is 17.7. The summed E-state index contributed by atoms with van der Waals surface area (Å²) in [5, 5.41) is 8.98. The summed E-state index contributed by atoms with van der Waals surface area (Å²) in [5.74, 6) is 6.60. The van der Waals surface area contributed by atoms with Crippen molar-refractivity contribution in [3.05, 3.63) is 39.8 Å². The molecular weight excluding hydrogens is 364 g/mol. The zero-order valence-corrected chi connectivity index (χ0v) is 17.2. The fourth-order valence-electron chi connectivity index (χ4n) is 3.90. The number of likely N-dealkylation sites (N-methyl/N-ethyl adjacent to an activating group) is 1. The van der Waals surface area contributed by atoms with E-state index in [2.05, 4.69) is 38.9 Å². The Morgan fingerprint density at radius 1 is 1.24 bits per heavy atom. The number of pyridine rings is 1. The van der Waals surface area contributed by atoms with E-state index in [1.54, 1.807) is 0 Å². The van der Waals surface area contributed by atoms with E-state index in [-0.39, 0.29) is 5.56 Å². The van der Waals surface area contributed by atoms with Gasteiger partial charge in [0.05, 0.1) is 17.4 Å². The van der Waals surface area contributed by atoms with Crippen LogP contribution >= 0.6 is 0 Å². The Balaban J connectivity index is 1.70. The monoisotopic (exact) mass is 392 g/mol. The van der Waals surface area contributed by atoms with Crippen LogP contribution in [0.3, 0.4) is 0 Å². The molecule has 0 bridgehead atoms. The lowest BCUT2D eigenvalue weighted by Crippen LogP contribution is -2.44. The van der Waals surface area contributed by atoms with Gasteiger partial charge in [-0.15, -0.1) is 0 Å². The average molecular weight is 393 g/mol. The van der Waals surface area contributed by atoms with Crippen molar-refractivity contribution in [3.63, 3.8) is 0 Å². The molecule has 7 heteroatoms. The molecule has 7 nitrogen and oxygen atoms in total. The molecule has 0 amide bonds. The molecule has 0 radical (unpaired) electrons. The van der Waals surface area contributed by atoms with Gasteiger partial charge in [-0.25, -0.2) is 0 Å². The molecule has 4 rings (SSSR count). The number of piperazine rings is 1. The highest BCUT2D eigenvalue weighted by atomic mass is 16.1. The van der Waals surface area contributed by atoms with Crippen LogP contribution in [0.15, 0.2) is 23.0 Å². The summed E-state index contributed by atoms with van der Waals surface area (Å²) < 4.78 is 1.81. The second-order valence-corrected chi connectivity index (χ2v) is 7.78. The second-order valence-electron chi connectivity index (χ2n) is 7.78. The maximum Gasteiger partial charge on any atom is 0.262 e. The summed E-state index contributed by atoms with van der Waals surface area (Å²) in [7, 11) is 2.16. The van der Waals surface area contributed by atoms with E-state index in [1.165, 1.54) is 0 Å². The molecule has 1 aromatic carbocycles. The third kappa shape index (κ3) is 3.92. The molecule has 3 aromatic rings. The summed E-state index contributed by atoms with van der Waals surface area (Å²) in [5.41, 5.74) is 9.00. The molecule has 1 fully saturated rings. The van der Waals surface area contributed by atoms with E-state index in [4.69, 9.17) is 5.73 Å². The summed E-state index contributed by atoms with van der Waals surface area (Å²) in [6, 6.07) is 6.02. The Morgan fingerprint density at radius 2 is 2.03 bits per heavy atom. The third-order valence-corrected chi connectivity index (χ3v) is 5.67. The minimum Gasteiger partial charge on any atom is -0.330 e. The van der Waals surface area contributed by atoms with Crippen molar-refractivity contribution < 1.29 is 0 Å². The van der Waals surface area contributed by atoms with Gasteiger partial charge in [0, 0.05) is 49.4 Å². The average Bonchev–Trinajstić information content (AvgIpc) is 3.12. The summed E-state index contributed by atoms with van der Waals surface area (Å²) >= 11 is 0. The third-order valence-electron chi connectivity index (χ3n) is 5.67. The number of aromatic amines is 1. The van der Waals surface area contributed by atoms with Gasteiger partial charge in [0.25, 0.3) is 5.56 Å². The molecule has 0 spiro atoms. The fourth-order valence-corrected chi connectivity index (χ4v) is 3.90. The summed E-state index contributed by atoms with van der Waals surface area (Å²) in [6.07, 6.45) is 0.754. The van der Waals surface area contributed by atoms with Crippen LogP contribution in [0.4, 0.5) is 0 Å². The van der Waals surface area contributed by atoms with Crippen molar-refractivity contribution in [2.75, 3.05) is 46.3 Å². The van der Waals surface area contributed by atoms with Gasteiger partial charge in [-0.3, -0.25) is 14.8 Å². The number of fused-ring (bicyclic) bond motifs is 3. The highest BCUT2D eigenvalue weighted by Crippen LogP contribution is 2.24. The standard InChI is InChI=1S/C22H28N6O/c1-16-20-21(25-24-16)18-15-17(5-3-9-27-13-11-26(2)12-14-27)6-7-19(18)28(22(20)29)10-4-8-23/h6-7,15H,4,8-14,23H2,1-2H3,(H,24,25). The topological polar surface area (TPSA) is 83.2 Å². The van der Waals surface area contributed by atoms with Gasteiger partial charge in [-0.05, 0) is 45.1 Å². The molecule has 0 atom stereocenters. The lowest BCUT2D eigenvalue weighted by Gasteiger charge is -2.30. The predicted molar refractivity (Wildman–Crippen MR) is 117 cm³/mol. The maximum absolute atomic E-state index is 13.0. The van der Waals surface area contributed by atoms with E-state index in [0.717, 1.165) is 61.3 Å². The van der Waals surface area contributed by atoms with E-state index in [1.807, 2.05) is 29.7 Å². The van der Waals surface area contributed by atoms with Gasteiger partial charge in [-0.1, -0.05) is 11.8 Å². The number of benzene rings is 1. The normalized spacial score (nSPS) is 15.7. The minimum absolute atomic E-state index is 0.0129. The van der Waals surface area contributed by atoms with Crippen LogP contribution in [0.2, 0.25) is 0 Å². The van der Waals surface area contributed by atoms with Crippen LogP contribution < -0.4 is 11.3 Å². The first-order chi connectivity index (χ1) is 14.1. The van der Waals surface area contributed by atoms with Crippen LogP contribution in [0, 0.1) is 18.8 Å². The van der Waals surface area contributed by atoms with Gasteiger partial charge >= 0.3 is 0 Å². The highest BCUT2D eigenvalue weighted by molar-refractivity contribution is 6.04. The van der Waals surface area contributed by atoms with Gasteiger partial charge in [-0.2, -0.15) is 5.10 Å². The highest BCUT2D eigenvalue weighted by Gasteiger charge is 2.15. The van der Waals surface area contributed by atoms with E-state index in [9.17, 15) is 4.79 Å². The lowest BCUT2D eigenvalue weighted by molar-refractivity contribution is 0.168. The fraction of sp³-hybridized carbons (Fsp3) is 0.455. The first-order valence-corrected chi connectivity index (χ1v) is 10.2. The van der Waals surface area contributed by atoms with Crippen molar-refractivity contribution in [2.24, 2.45) is 5.73 Å². The second kappa shape index (κ2) is 8.37. The van der Waals surface area contributed by atoms with Crippen LogP contribution in [0.5, 0.6) is 0 Å². The van der Waals surface area contributed by atoms with Crippen LogP contribution in [-0.2, 0) is 6.54 Å². The summed E-state index contributed by atoms with van der Waals surface area (Å²) in [6.45, 7) is 8.11. The number of rotatable bonds is 4. The maximum atomic E-state index is 13.0. The van der Waals surface area contributed by atoms with Crippen molar-refractivity contribution in [1.29, 1.82) is 0 Å². The first-order valence-electron chi connectivity index (χ1n) is 10.2. The Labute approximate surface area is 170 Å². The van der Waals surface area contributed by atoms with E-state index < -0.39 is 0 Å². The number of hydrogen-bond donors (Lipinski definition) is 2. The molecule has 1 aliphatic rings. The van der Waals surface area contributed by atoms with Gasteiger partial charge in [0.2, 0.25) is 0 Å². The number of nitrogens with two attached hydrogens (primary N) is 1. The zero-order valence-electron chi connectivity index (χ0n) is 17.2. The smallest absolute Gasteiger partial charge is 0.262 e. The minimum atomic E-state index is -0.0129. The molecule has 1 saturated heterocycles. The molecule has 3 heterocycles. The molecule has 0 unspecified atom stereocenters.